The van der Waals surface area contributed by atoms with E-state index >= 15 is 0 Å². The molecule has 1 aliphatic rings. The highest BCUT2D eigenvalue weighted by atomic mass is 15.0. The summed E-state index contributed by atoms with van der Waals surface area (Å²) in [6.45, 7) is 4.08. The average molecular weight is 244 g/mol. The number of aryl methyl sites for hydroxylation is 1. The fraction of sp³-hybridized carbons (Fsp3) is 0.643. The van der Waals surface area contributed by atoms with E-state index in [-0.39, 0.29) is 0 Å². The molecule has 18 heavy (non-hydrogen) atoms. The quantitative estimate of drug-likeness (QED) is 0.867. The molecule has 2 rings (SSSR count). The number of anilines is 1. The van der Waals surface area contributed by atoms with E-state index in [1.807, 2.05) is 6.92 Å². The van der Waals surface area contributed by atoms with Gasteiger partial charge in [0, 0.05) is 5.92 Å². The van der Waals surface area contributed by atoms with Crippen LogP contribution in [0.25, 0.3) is 0 Å². The van der Waals surface area contributed by atoms with Crippen LogP contribution in [0.3, 0.4) is 0 Å². The molecule has 4 heteroatoms. The van der Waals surface area contributed by atoms with Gasteiger partial charge in [-0.05, 0) is 25.7 Å². The van der Waals surface area contributed by atoms with Crippen LogP contribution >= 0.6 is 0 Å². The third-order valence-corrected chi connectivity index (χ3v) is 3.97. The molecule has 96 valence electrons. The van der Waals surface area contributed by atoms with Gasteiger partial charge in [0.15, 0.2) is 0 Å². The SMILES string of the molecule is CCC1CCCC(c2nc(C)c(C#N)c(N)n2)C1. The fourth-order valence-corrected chi connectivity index (χ4v) is 2.83. The largest absolute Gasteiger partial charge is 0.382 e. The number of hydrogen-bond donors (Lipinski definition) is 1. The first kappa shape index (κ1) is 12.8. The minimum absolute atomic E-state index is 0.332. The zero-order valence-electron chi connectivity index (χ0n) is 11.1. The molecule has 1 fully saturated rings. The molecule has 2 unspecified atom stereocenters. The van der Waals surface area contributed by atoms with Gasteiger partial charge in [0.2, 0.25) is 0 Å². The lowest BCUT2D eigenvalue weighted by molar-refractivity contribution is 0.307. The number of rotatable bonds is 2. The molecule has 0 amide bonds. The van der Waals surface area contributed by atoms with E-state index in [0.717, 1.165) is 24.6 Å². The first-order valence-corrected chi connectivity index (χ1v) is 6.69. The molecule has 0 bridgehead atoms. The van der Waals surface area contributed by atoms with E-state index in [1.54, 1.807) is 0 Å². The van der Waals surface area contributed by atoms with Gasteiger partial charge in [-0.1, -0.05) is 26.2 Å². The van der Waals surface area contributed by atoms with E-state index in [9.17, 15) is 0 Å². The number of aromatic nitrogens is 2. The minimum Gasteiger partial charge on any atom is -0.382 e. The highest BCUT2D eigenvalue weighted by Crippen LogP contribution is 2.36. The molecule has 1 aromatic rings. The summed E-state index contributed by atoms with van der Waals surface area (Å²) in [6.07, 6.45) is 6.08. The van der Waals surface area contributed by atoms with Crippen molar-refractivity contribution >= 4 is 5.82 Å². The van der Waals surface area contributed by atoms with Crippen LogP contribution in [0.15, 0.2) is 0 Å². The number of nitriles is 1. The van der Waals surface area contributed by atoms with Crippen molar-refractivity contribution in [3.05, 3.63) is 17.1 Å². The van der Waals surface area contributed by atoms with Gasteiger partial charge in [-0.25, -0.2) is 9.97 Å². The van der Waals surface area contributed by atoms with Crippen LogP contribution in [0.1, 0.15) is 62.0 Å². The van der Waals surface area contributed by atoms with Crippen molar-refractivity contribution in [2.45, 2.75) is 51.9 Å². The second-order valence-electron chi connectivity index (χ2n) is 5.18. The Hall–Kier alpha value is -1.63. The molecule has 0 saturated heterocycles. The van der Waals surface area contributed by atoms with Crippen molar-refractivity contribution in [1.82, 2.24) is 9.97 Å². The van der Waals surface area contributed by atoms with Crippen molar-refractivity contribution in [2.75, 3.05) is 5.73 Å². The predicted molar refractivity (Wildman–Crippen MR) is 70.9 cm³/mol. The van der Waals surface area contributed by atoms with Gasteiger partial charge in [-0.3, -0.25) is 0 Å². The monoisotopic (exact) mass is 244 g/mol. The zero-order valence-corrected chi connectivity index (χ0v) is 11.1. The van der Waals surface area contributed by atoms with E-state index in [2.05, 4.69) is 23.0 Å². The fourth-order valence-electron chi connectivity index (χ4n) is 2.83. The van der Waals surface area contributed by atoms with Gasteiger partial charge in [-0.15, -0.1) is 0 Å². The van der Waals surface area contributed by atoms with Gasteiger partial charge >= 0.3 is 0 Å². The Kier molecular flexibility index (Phi) is 3.81. The maximum atomic E-state index is 8.97. The van der Waals surface area contributed by atoms with Crippen molar-refractivity contribution in [3.63, 3.8) is 0 Å². The maximum Gasteiger partial charge on any atom is 0.145 e. The molecule has 1 heterocycles. The number of hydrogen-bond acceptors (Lipinski definition) is 4. The standard InChI is InChI=1S/C14H20N4/c1-3-10-5-4-6-11(7-10)14-17-9(2)12(8-15)13(16)18-14/h10-11H,3-7H2,1-2H3,(H2,16,17,18). The van der Waals surface area contributed by atoms with Gasteiger partial charge in [-0.2, -0.15) is 5.26 Å². The topological polar surface area (TPSA) is 75.6 Å². The summed E-state index contributed by atoms with van der Waals surface area (Å²) in [5, 5.41) is 8.97. The van der Waals surface area contributed by atoms with E-state index in [1.165, 1.54) is 19.3 Å². The number of nitrogen functional groups attached to an aromatic ring is 1. The lowest BCUT2D eigenvalue weighted by atomic mass is 9.80. The Balaban J connectivity index is 2.26. The molecule has 1 aromatic heterocycles. The van der Waals surface area contributed by atoms with Gasteiger partial charge in [0.1, 0.15) is 23.3 Å². The summed E-state index contributed by atoms with van der Waals surface area (Å²) < 4.78 is 0. The second kappa shape index (κ2) is 5.34. The summed E-state index contributed by atoms with van der Waals surface area (Å²) in [5.41, 5.74) is 6.96. The van der Waals surface area contributed by atoms with Crippen LogP contribution in [-0.2, 0) is 0 Å². The molecule has 1 aliphatic carbocycles. The Labute approximate surface area is 108 Å². The molecule has 1 saturated carbocycles. The van der Waals surface area contributed by atoms with Crippen LogP contribution in [0.4, 0.5) is 5.82 Å². The smallest absolute Gasteiger partial charge is 0.145 e. The van der Waals surface area contributed by atoms with E-state index in [4.69, 9.17) is 11.0 Å². The Bertz CT molecular complexity index is 452. The Morgan fingerprint density at radius 3 is 2.78 bits per heavy atom. The third kappa shape index (κ3) is 2.45. The number of nitrogens with zero attached hydrogens (tertiary/aromatic N) is 3. The van der Waals surface area contributed by atoms with Gasteiger partial charge in [0.05, 0.1) is 5.69 Å². The third-order valence-electron chi connectivity index (χ3n) is 3.97. The minimum atomic E-state index is 0.332. The molecular formula is C14H20N4. The molecule has 0 aromatic carbocycles. The van der Waals surface area contributed by atoms with Crippen molar-refractivity contribution in [3.8, 4) is 6.07 Å². The van der Waals surface area contributed by atoms with Gasteiger partial charge < -0.3 is 5.73 Å². The maximum absolute atomic E-state index is 8.97. The highest BCUT2D eigenvalue weighted by molar-refractivity contribution is 5.50. The molecule has 2 atom stereocenters. The van der Waals surface area contributed by atoms with Crippen molar-refractivity contribution in [2.24, 2.45) is 5.92 Å². The molecule has 4 nitrogen and oxygen atoms in total. The molecule has 0 spiro atoms. The summed E-state index contributed by atoms with van der Waals surface area (Å²) in [7, 11) is 0. The first-order valence-electron chi connectivity index (χ1n) is 6.69. The van der Waals surface area contributed by atoms with E-state index < -0.39 is 0 Å². The summed E-state index contributed by atoms with van der Waals surface area (Å²) in [4.78, 5) is 8.82. The van der Waals surface area contributed by atoms with Gasteiger partial charge in [0.25, 0.3) is 0 Å². The van der Waals surface area contributed by atoms with Crippen LogP contribution in [0.2, 0.25) is 0 Å². The lowest BCUT2D eigenvalue weighted by Crippen LogP contribution is -2.17. The van der Waals surface area contributed by atoms with Crippen LogP contribution < -0.4 is 5.73 Å². The van der Waals surface area contributed by atoms with Crippen LogP contribution in [0.5, 0.6) is 0 Å². The van der Waals surface area contributed by atoms with Crippen molar-refractivity contribution in [1.29, 1.82) is 5.26 Å². The predicted octanol–water partition coefficient (Wildman–Crippen LogP) is 2.92. The number of nitrogens with two attached hydrogens (primary N) is 1. The molecular weight excluding hydrogens is 224 g/mol. The van der Waals surface area contributed by atoms with Crippen molar-refractivity contribution < 1.29 is 0 Å². The normalized spacial score (nSPS) is 23.6. The Morgan fingerprint density at radius 2 is 2.17 bits per heavy atom. The average Bonchev–Trinajstić information content (AvgIpc) is 2.38. The second-order valence-corrected chi connectivity index (χ2v) is 5.18. The summed E-state index contributed by atoms with van der Waals surface area (Å²) in [5.74, 6) is 2.36. The first-order chi connectivity index (χ1) is 8.65. The van der Waals surface area contributed by atoms with Crippen LogP contribution in [0, 0.1) is 24.2 Å². The lowest BCUT2D eigenvalue weighted by Gasteiger charge is -2.27. The van der Waals surface area contributed by atoms with Crippen LogP contribution in [-0.4, -0.2) is 9.97 Å². The molecule has 0 aliphatic heterocycles. The summed E-state index contributed by atoms with van der Waals surface area (Å²) in [6, 6.07) is 2.06. The summed E-state index contributed by atoms with van der Waals surface area (Å²) >= 11 is 0. The Morgan fingerprint density at radius 1 is 1.39 bits per heavy atom. The molecule has 2 N–H and O–H groups in total. The zero-order chi connectivity index (χ0) is 13.1. The highest BCUT2D eigenvalue weighted by Gasteiger charge is 2.25. The molecule has 0 radical (unpaired) electrons. The van der Waals surface area contributed by atoms with E-state index in [0.29, 0.717) is 23.0 Å².